The summed E-state index contributed by atoms with van der Waals surface area (Å²) >= 11 is 0. The zero-order valence-corrected chi connectivity index (χ0v) is 11.7. The van der Waals surface area contributed by atoms with E-state index in [9.17, 15) is 12.8 Å². The van der Waals surface area contributed by atoms with Gasteiger partial charge < -0.3 is 0 Å². The second-order valence-electron chi connectivity index (χ2n) is 4.48. The molecule has 0 amide bonds. The number of halogens is 1. The van der Waals surface area contributed by atoms with Crippen molar-refractivity contribution in [1.82, 2.24) is 4.72 Å². The Hall–Kier alpha value is -1.72. The molecule has 3 nitrogen and oxygen atoms in total. The standard InChI is InChI=1S/C15H16FNO2S/c16-15-9-5-4-8-14(15)12-20(18,19)17-11-10-13-6-2-1-3-7-13/h1-9,17H,10-12H2. The van der Waals surface area contributed by atoms with Gasteiger partial charge in [-0.15, -0.1) is 0 Å². The summed E-state index contributed by atoms with van der Waals surface area (Å²) in [5.74, 6) is -0.838. The number of rotatable bonds is 6. The highest BCUT2D eigenvalue weighted by atomic mass is 32.2. The fourth-order valence-corrected chi connectivity index (χ4v) is 3.03. The van der Waals surface area contributed by atoms with E-state index in [1.165, 1.54) is 18.2 Å². The van der Waals surface area contributed by atoms with Crippen LogP contribution in [0.5, 0.6) is 0 Å². The van der Waals surface area contributed by atoms with Gasteiger partial charge in [0.05, 0.1) is 5.75 Å². The van der Waals surface area contributed by atoms with Gasteiger partial charge in [0, 0.05) is 12.1 Å². The number of benzene rings is 2. The fourth-order valence-electron chi connectivity index (χ4n) is 1.87. The molecule has 106 valence electrons. The molecule has 2 rings (SSSR count). The molecule has 0 aromatic heterocycles. The Balaban J connectivity index is 1.90. The molecule has 0 heterocycles. The van der Waals surface area contributed by atoms with Crippen molar-refractivity contribution in [3.8, 4) is 0 Å². The van der Waals surface area contributed by atoms with Gasteiger partial charge in [0.15, 0.2) is 0 Å². The van der Waals surface area contributed by atoms with Crippen molar-refractivity contribution in [3.63, 3.8) is 0 Å². The molecule has 0 bridgehead atoms. The summed E-state index contributed by atoms with van der Waals surface area (Å²) in [5, 5.41) is 0. The van der Waals surface area contributed by atoms with E-state index in [2.05, 4.69) is 4.72 Å². The Labute approximate surface area is 118 Å². The van der Waals surface area contributed by atoms with E-state index in [1.807, 2.05) is 30.3 Å². The summed E-state index contributed by atoms with van der Waals surface area (Å²) in [6.07, 6.45) is 0.608. The SMILES string of the molecule is O=S(=O)(Cc1ccccc1F)NCCc1ccccc1. The molecule has 2 aromatic rings. The lowest BCUT2D eigenvalue weighted by atomic mass is 10.2. The predicted molar refractivity (Wildman–Crippen MR) is 77.2 cm³/mol. The van der Waals surface area contributed by atoms with E-state index in [0.717, 1.165) is 5.56 Å². The minimum Gasteiger partial charge on any atom is -0.215 e. The van der Waals surface area contributed by atoms with Crippen LogP contribution in [-0.2, 0) is 22.2 Å². The average Bonchev–Trinajstić information content (AvgIpc) is 2.42. The summed E-state index contributed by atoms with van der Waals surface area (Å²) in [6, 6.07) is 15.5. The highest BCUT2D eigenvalue weighted by molar-refractivity contribution is 7.88. The molecule has 0 saturated heterocycles. The second-order valence-corrected chi connectivity index (χ2v) is 6.29. The molecule has 0 fully saturated rings. The Morgan fingerprint density at radius 1 is 0.950 bits per heavy atom. The zero-order chi connectivity index (χ0) is 14.4. The molecular weight excluding hydrogens is 277 g/mol. The van der Waals surface area contributed by atoms with Crippen LogP contribution in [0.1, 0.15) is 11.1 Å². The van der Waals surface area contributed by atoms with E-state index in [0.29, 0.717) is 13.0 Å². The molecule has 5 heteroatoms. The van der Waals surface area contributed by atoms with Crippen LogP contribution in [-0.4, -0.2) is 15.0 Å². The number of nitrogens with one attached hydrogen (secondary N) is 1. The van der Waals surface area contributed by atoms with Crippen molar-refractivity contribution < 1.29 is 12.8 Å². The van der Waals surface area contributed by atoms with E-state index in [-0.39, 0.29) is 11.3 Å². The lowest BCUT2D eigenvalue weighted by Gasteiger charge is -2.07. The first-order valence-electron chi connectivity index (χ1n) is 6.31. The number of sulfonamides is 1. The third-order valence-corrected chi connectivity index (χ3v) is 4.22. The van der Waals surface area contributed by atoms with E-state index in [1.54, 1.807) is 6.07 Å². The van der Waals surface area contributed by atoms with Crippen LogP contribution >= 0.6 is 0 Å². The van der Waals surface area contributed by atoms with Crippen molar-refractivity contribution in [3.05, 3.63) is 71.5 Å². The van der Waals surface area contributed by atoms with Gasteiger partial charge in [0.1, 0.15) is 5.82 Å². The topological polar surface area (TPSA) is 46.2 Å². The first-order valence-corrected chi connectivity index (χ1v) is 7.97. The van der Waals surface area contributed by atoms with Gasteiger partial charge in [-0.25, -0.2) is 17.5 Å². The van der Waals surface area contributed by atoms with Gasteiger partial charge in [0.25, 0.3) is 0 Å². The van der Waals surface area contributed by atoms with Crippen LogP contribution in [0.3, 0.4) is 0 Å². The Morgan fingerprint density at radius 3 is 2.30 bits per heavy atom. The van der Waals surface area contributed by atoms with E-state index in [4.69, 9.17) is 0 Å². The largest absolute Gasteiger partial charge is 0.215 e. The third-order valence-electron chi connectivity index (χ3n) is 2.88. The van der Waals surface area contributed by atoms with Gasteiger partial charge in [0.2, 0.25) is 10.0 Å². The minimum absolute atomic E-state index is 0.180. The van der Waals surface area contributed by atoms with Crippen molar-refractivity contribution in [2.75, 3.05) is 6.54 Å². The smallest absolute Gasteiger partial charge is 0.215 e. The van der Waals surface area contributed by atoms with Gasteiger partial charge in [-0.2, -0.15) is 0 Å². The minimum atomic E-state index is -3.52. The lowest BCUT2D eigenvalue weighted by Crippen LogP contribution is -2.27. The van der Waals surface area contributed by atoms with Crippen molar-refractivity contribution >= 4 is 10.0 Å². The Bertz CT molecular complexity index is 657. The molecular formula is C15H16FNO2S. The molecule has 0 aliphatic heterocycles. The van der Waals surface area contributed by atoms with Crippen LogP contribution in [0.25, 0.3) is 0 Å². The molecule has 0 aliphatic carbocycles. The Kier molecular flexibility index (Phi) is 4.87. The van der Waals surface area contributed by atoms with Crippen LogP contribution < -0.4 is 4.72 Å². The van der Waals surface area contributed by atoms with E-state index < -0.39 is 15.8 Å². The molecule has 2 aromatic carbocycles. The van der Waals surface area contributed by atoms with Gasteiger partial charge >= 0.3 is 0 Å². The maximum Gasteiger partial charge on any atom is 0.215 e. The summed E-state index contributed by atoms with van der Waals surface area (Å²) in [7, 11) is -3.52. The highest BCUT2D eigenvalue weighted by Crippen LogP contribution is 2.10. The normalized spacial score (nSPS) is 11.4. The first-order chi connectivity index (χ1) is 9.57. The molecule has 20 heavy (non-hydrogen) atoms. The molecule has 0 aliphatic rings. The summed E-state index contributed by atoms with van der Waals surface area (Å²) in [4.78, 5) is 0. The Morgan fingerprint density at radius 2 is 1.60 bits per heavy atom. The van der Waals surface area contributed by atoms with Gasteiger partial charge in [-0.3, -0.25) is 0 Å². The van der Waals surface area contributed by atoms with Crippen LogP contribution in [0, 0.1) is 5.82 Å². The van der Waals surface area contributed by atoms with E-state index >= 15 is 0 Å². The van der Waals surface area contributed by atoms with Crippen molar-refractivity contribution in [2.45, 2.75) is 12.2 Å². The second kappa shape index (κ2) is 6.63. The third kappa shape index (κ3) is 4.43. The summed E-state index contributed by atoms with van der Waals surface area (Å²) < 4.78 is 39.6. The molecule has 0 saturated carbocycles. The number of hydrogen-bond donors (Lipinski definition) is 1. The van der Waals surface area contributed by atoms with Gasteiger partial charge in [-0.1, -0.05) is 48.5 Å². The quantitative estimate of drug-likeness (QED) is 0.889. The summed E-state index contributed by atoms with van der Waals surface area (Å²) in [6.45, 7) is 0.306. The monoisotopic (exact) mass is 293 g/mol. The lowest BCUT2D eigenvalue weighted by molar-refractivity contribution is 0.574. The predicted octanol–water partition coefficient (Wildman–Crippen LogP) is 2.49. The molecule has 0 unspecified atom stereocenters. The van der Waals surface area contributed by atoms with Crippen LogP contribution in [0.2, 0.25) is 0 Å². The zero-order valence-electron chi connectivity index (χ0n) is 10.9. The molecule has 0 radical (unpaired) electrons. The van der Waals surface area contributed by atoms with Crippen molar-refractivity contribution in [1.29, 1.82) is 0 Å². The van der Waals surface area contributed by atoms with Gasteiger partial charge in [-0.05, 0) is 18.1 Å². The average molecular weight is 293 g/mol. The first kappa shape index (κ1) is 14.7. The molecule has 0 atom stereocenters. The molecule has 0 spiro atoms. The highest BCUT2D eigenvalue weighted by Gasteiger charge is 2.13. The molecule has 1 N–H and O–H groups in total. The summed E-state index contributed by atoms with van der Waals surface area (Å²) in [5.41, 5.74) is 1.24. The maximum atomic E-state index is 13.4. The van der Waals surface area contributed by atoms with Crippen LogP contribution in [0.15, 0.2) is 54.6 Å². The van der Waals surface area contributed by atoms with Crippen LogP contribution in [0.4, 0.5) is 4.39 Å². The number of hydrogen-bond acceptors (Lipinski definition) is 2. The maximum absolute atomic E-state index is 13.4. The fraction of sp³-hybridized carbons (Fsp3) is 0.200. The van der Waals surface area contributed by atoms with Crippen molar-refractivity contribution in [2.24, 2.45) is 0 Å².